The van der Waals surface area contributed by atoms with E-state index >= 15 is 0 Å². The quantitative estimate of drug-likeness (QED) is 0.840. The second kappa shape index (κ2) is 8.63. The molecule has 1 heterocycles. The van der Waals surface area contributed by atoms with Gasteiger partial charge in [-0.25, -0.2) is 0 Å². The molecule has 2 aromatic carbocycles. The molecule has 1 fully saturated rings. The molecule has 1 saturated heterocycles. The van der Waals surface area contributed by atoms with Gasteiger partial charge in [0, 0.05) is 30.8 Å². The number of nitrogens with zero attached hydrogens (tertiary/aromatic N) is 1. The summed E-state index contributed by atoms with van der Waals surface area (Å²) in [5.74, 6) is -0.351. The minimum absolute atomic E-state index is 0.0189. The monoisotopic (exact) mass is 351 g/mol. The van der Waals surface area contributed by atoms with Crippen molar-refractivity contribution in [3.8, 4) is 11.1 Å². The van der Waals surface area contributed by atoms with E-state index in [0.717, 1.165) is 36.2 Å². The molecular weight excluding hydrogens is 326 g/mol. The second-order valence-electron chi connectivity index (χ2n) is 6.75. The molecule has 2 amide bonds. The van der Waals surface area contributed by atoms with Crippen LogP contribution in [0, 0.1) is 5.92 Å². The van der Waals surface area contributed by atoms with Crippen LogP contribution in [0.4, 0.5) is 5.69 Å². The van der Waals surface area contributed by atoms with Crippen molar-refractivity contribution in [2.24, 2.45) is 11.7 Å². The Kier molecular flexibility index (Phi) is 6.02. The number of likely N-dealkylation sites (tertiary alicyclic amines) is 1. The van der Waals surface area contributed by atoms with Gasteiger partial charge in [0.2, 0.25) is 11.8 Å². The van der Waals surface area contributed by atoms with E-state index in [1.165, 1.54) is 0 Å². The van der Waals surface area contributed by atoms with E-state index in [4.69, 9.17) is 5.73 Å². The standard InChI is InChI=1S/C21H25N3O2/c22-21(26)17-9-6-13-24(15-17)14-12-20(25)23-19-11-5-4-10-18(19)16-7-2-1-3-8-16/h1-5,7-8,10-11,17H,6,9,12-15H2,(H2,22,26)(H,23,25). The number of amides is 2. The molecule has 136 valence electrons. The first-order chi connectivity index (χ1) is 12.6. The van der Waals surface area contributed by atoms with Crippen molar-refractivity contribution < 1.29 is 9.59 Å². The maximum absolute atomic E-state index is 12.4. The molecule has 2 aromatic rings. The third kappa shape index (κ3) is 4.70. The Hall–Kier alpha value is -2.66. The number of hydrogen-bond acceptors (Lipinski definition) is 3. The van der Waals surface area contributed by atoms with E-state index in [9.17, 15) is 9.59 Å². The first-order valence-corrected chi connectivity index (χ1v) is 9.09. The summed E-state index contributed by atoms with van der Waals surface area (Å²) in [6.07, 6.45) is 2.20. The van der Waals surface area contributed by atoms with E-state index in [1.54, 1.807) is 0 Å². The Morgan fingerprint density at radius 2 is 1.81 bits per heavy atom. The SMILES string of the molecule is NC(=O)C1CCCN(CCC(=O)Nc2ccccc2-c2ccccc2)C1. The maximum atomic E-state index is 12.4. The van der Waals surface area contributed by atoms with Crippen molar-refractivity contribution in [1.29, 1.82) is 0 Å². The van der Waals surface area contributed by atoms with Gasteiger partial charge in [-0.05, 0) is 31.0 Å². The first kappa shape index (κ1) is 18.1. The molecule has 0 aliphatic carbocycles. The highest BCUT2D eigenvalue weighted by Gasteiger charge is 2.24. The van der Waals surface area contributed by atoms with Crippen LogP contribution in [0.15, 0.2) is 54.6 Å². The molecule has 5 heteroatoms. The minimum Gasteiger partial charge on any atom is -0.369 e. The largest absolute Gasteiger partial charge is 0.369 e. The van der Waals surface area contributed by atoms with Crippen LogP contribution in [0.1, 0.15) is 19.3 Å². The van der Waals surface area contributed by atoms with Crippen LogP contribution in [0.5, 0.6) is 0 Å². The highest BCUT2D eigenvalue weighted by atomic mass is 16.2. The van der Waals surface area contributed by atoms with Gasteiger partial charge in [0.15, 0.2) is 0 Å². The molecule has 3 rings (SSSR count). The smallest absolute Gasteiger partial charge is 0.225 e. The molecule has 26 heavy (non-hydrogen) atoms. The molecule has 1 aliphatic rings. The molecule has 0 aromatic heterocycles. The number of benzene rings is 2. The molecule has 1 unspecified atom stereocenters. The molecule has 1 atom stereocenters. The molecule has 0 bridgehead atoms. The zero-order valence-electron chi connectivity index (χ0n) is 14.9. The maximum Gasteiger partial charge on any atom is 0.225 e. The lowest BCUT2D eigenvalue weighted by Gasteiger charge is -2.30. The van der Waals surface area contributed by atoms with Crippen LogP contribution in [-0.2, 0) is 9.59 Å². The third-order valence-corrected chi connectivity index (χ3v) is 4.85. The van der Waals surface area contributed by atoms with Crippen molar-refractivity contribution >= 4 is 17.5 Å². The van der Waals surface area contributed by atoms with Gasteiger partial charge in [-0.2, -0.15) is 0 Å². The van der Waals surface area contributed by atoms with E-state index < -0.39 is 0 Å². The van der Waals surface area contributed by atoms with Gasteiger partial charge in [0.05, 0.1) is 5.92 Å². The summed E-state index contributed by atoms with van der Waals surface area (Å²) < 4.78 is 0. The normalized spacial score (nSPS) is 17.6. The molecule has 0 radical (unpaired) electrons. The van der Waals surface area contributed by atoms with Gasteiger partial charge in [-0.15, -0.1) is 0 Å². The lowest BCUT2D eigenvalue weighted by atomic mass is 9.97. The van der Waals surface area contributed by atoms with Crippen LogP contribution < -0.4 is 11.1 Å². The number of carbonyl (C=O) groups is 2. The lowest BCUT2D eigenvalue weighted by Crippen LogP contribution is -2.42. The van der Waals surface area contributed by atoms with Crippen molar-refractivity contribution in [3.05, 3.63) is 54.6 Å². The average molecular weight is 351 g/mol. The first-order valence-electron chi connectivity index (χ1n) is 9.09. The number of primary amides is 1. The molecule has 3 N–H and O–H groups in total. The van der Waals surface area contributed by atoms with Gasteiger partial charge >= 0.3 is 0 Å². The minimum atomic E-state index is -0.240. The molecule has 5 nitrogen and oxygen atoms in total. The molecule has 0 spiro atoms. The van der Waals surface area contributed by atoms with Gasteiger partial charge in [-0.1, -0.05) is 48.5 Å². The van der Waals surface area contributed by atoms with Crippen LogP contribution in [0.3, 0.4) is 0 Å². The van der Waals surface area contributed by atoms with E-state index in [0.29, 0.717) is 19.5 Å². The van der Waals surface area contributed by atoms with E-state index in [2.05, 4.69) is 10.2 Å². The van der Waals surface area contributed by atoms with Crippen molar-refractivity contribution in [1.82, 2.24) is 4.90 Å². The summed E-state index contributed by atoms with van der Waals surface area (Å²) in [5, 5.41) is 3.03. The number of anilines is 1. The summed E-state index contributed by atoms with van der Waals surface area (Å²) in [6.45, 7) is 2.21. The van der Waals surface area contributed by atoms with Crippen molar-refractivity contribution in [2.45, 2.75) is 19.3 Å². The summed E-state index contributed by atoms with van der Waals surface area (Å²) in [7, 11) is 0. The fourth-order valence-corrected chi connectivity index (χ4v) is 3.42. The molecule has 1 aliphatic heterocycles. The van der Waals surface area contributed by atoms with Gasteiger partial charge in [0.1, 0.15) is 0 Å². The highest BCUT2D eigenvalue weighted by molar-refractivity contribution is 5.95. The topological polar surface area (TPSA) is 75.4 Å². The Labute approximate surface area is 154 Å². The summed E-state index contributed by atoms with van der Waals surface area (Å²) >= 11 is 0. The zero-order valence-corrected chi connectivity index (χ0v) is 14.9. The highest BCUT2D eigenvalue weighted by Crippen LogP contribution is 2.27. The van der Waals surface area contributed by atoms with Crippen molar-refractivity contribution in [3.63, 3.8) is 0 Å². The summed E-state index contributed by atoms with van der Waals surface area (Å²) in [4.78, 5) is 25.9. The second-order valence-corrected chi connectivity index (χ2v) is 6.75. The third-order valence-electron chi connectivity index (χ3n) is 4.85. The van der Waals surface area contributed by atoms with Crippen LogP contribution in [0.2, 0.25) is 0 Å². The number of para-hydroxylation sites is 1. The Balaban J connectivity index is 1.58. The Bertz CT molecular complexity index is 761. The fourth-order valence-electron chi connectivity index (χ4n) is 3.42. The van der Waals surface area contributed by atoms with Crippen LogP contribution in [0.25, 0.3) is 11.1 Å². The molecule has 0 saturated carbocycles. The van der Waals surface area contributed by atoms with Crippen LogP contribution >= 0.6 is 0 Å². The lowest BCUT2D eigenvalue weighted by molar-refractivity contribution is -0.123. The average Bonchev–Trinajstić information content (AvgIpc) is 2.68. The number of nitrogens with two attached hydrogens (primary N) is 1. The van der Waals surface area contributed by atoms with Crippen molar-refractivity contribution in [2.75, 3.05) is 25.0 Å². The number of hydrogen-bond donors (Lipinski definition) is 2. The van der Waals surface area contributed by atoms with Crippen LogP contribution in [-0.4, -0.2) is 36.3 Å². The predicted molar refractivity (Wildman–Crippen MR) is 103 cm³/mol. The molecular formula is C21H25N3O2. The van der Waals surface area contributed by atoms with Gasteiger partial charge < -0.3 is 16.0 Å². The summed E-state index contributed by atoms with van der Waals surface area (Å²) in [5.41, 5.74) is 8.31. The number of carbonyl (C=O) groups excluding carboxylic acids is 2. The Morgan fingerprint density at radius 3 is 2.58 bits per heavy atom. The fraction of sp³-hybridized carbons (Fsp3) is 0.333. The number of rotatable bonds is 6. The summed E-state index contributed by atoms with van der Waals surface area (Å²) in [6, 6.07) is 17.8. The van der Waals surface area contributed by atoms with E-state index in [-0.39, 0.29) is 17.7 Å². The van der Waals surface area contributed by atoms with Gasteiger partial charge in [-0.3, -0.25) is 9.59 Å². The number of nitrogens with one attached hydrogen (secondary N) is 1. The van der Waals surface area contributed by atoms with Gasteiger partial charge in [0.25, 0.3) is 0 Å². The van der Waals surface area contributed by atoms with E-state index in [1.807, 2.05) is 54.6 Å². The predicted octanol–water partition coefficient (Wildman–Crippen LogP) is 2.88. The number of piperidine rings is 1. The Morgan fingerprint density at radius 1 is 1.08 bits per heavy atom. The zero-order chi connectivity index (χ0) is 18.4.